The molecule has 1 aromatic carbocycles. The molecule has 118 valence electrons. The van der Waals surface area contributed by atoms with Crippen LogP contribution in [0.15, 0.2) is 22.7 Å². The number of nitrogens with zero attached hydrogens (tertiary/aromatic N) is 2. The SMILES string of the molecule is Cc1cc(Br)ccc1NC(=O)CNc1nnc(C(C)(C)C)s1. The highest BCUT2D eigenvalue weighted by Crippen LogP contribution is 2.27. The van der Waals surface area contributed by atoms with Crippen molar-refractivity contribution in [3.8, 4) is 0 Å². The van der Waals surface area contributed by atoms with Crippen LogP contribution in [0.5, 0.6) is 0 Å². The molecule has 2 aromatic rings. The van der Waals surface area contributed by atoms with Gasteiger partial charge in [0.1, 0.15) is 5.01 Å². The lowest BCUT2D eigenvalue weighted by molar-refractivity contribution is -0.114. The molecule has 5 nitrogen and oxygen atoms in total. The Labute approximate surface area is 142 Å². The normalized spacial score (nSPS) is 11.3. The molecule has 1 heterocycles. The van der Waals surface area contributed by atoms with Crippen LogP contribution in [0, 0.1) is 6.92 Å². The standard InChI is InChI=1S/C15H19BrN4OS/c1-9-7-10(16)5-6-11(9)18-12(21)8-17-14-20-19-13(22-14)15(2,3)4/h5-7H,8H2,1-4H3,(H,17,20)(H,18,21). The van der Waals surface area contributed by atoms with Gasteiger partial charge in [-0.2, -0.15) is 0 Å². The molecule has 0 bridgehead atoms. The van der Waals surface area contributed by atoms with Crippen molar-refractivity contribution in [2.75, 3.05) is 17.2 Å². The van der Waals surface area contributed by atoms with E-state index in [4.69, 9.17) is 0 Å². The molecule has 0 unspecified atom stereocenters. The zero-order valence-corrected chi connectivity index (χ0v) is 15.4. The highest BCUT2D eigenvalue weighted by Gasteiger charge is 2.19. The van der Waals surface area contributed by atoms with Crippen LogP contribution in [0.1, 0.15) is 31.3 Å². The summed E-state index contributed by atoms with van der Waals surface area (Å²) in [6.45, 7) is 8.36. The summed E-state index contributed by atoms with van der Waals surface area (Å²) >= 11 is 4.88. The number of aryl methyl sites for hydroxylation is 1. The summed E-state index contributed by atoms with van der Waals surface area (Å²) in [6.07, 6.45) is 0. The summed E-state index contributed by atoms with van der Waals surface area (Å²) in [5.41, 5.74) is 1.78. The van der Waals surface area contributed by atoms with Gasteiger partial charge in [0.25, 0.3) is 0 Å². The number of benzene rings is 1. The lowest BCUT2D eigenvalue weighted by Gasteiger charge is -2.12. The molecule has 1 aromatic heterocycles. The van der Waals surface area contributed by atoms with Gasteiger partial charge in [-0.25, -0.2) is 0 Å². The highest BCUT2D eigenvalue weighted by atomic mass is 79.9. The highest BCUT2D eigenvalue weighted by molar-refractivity contribution is 9.10. The van der Waals surface area contributed by atoms with Crippen molar-refractivity contribution in [2.45, 2.75) is 33.1 Å². The fourth-order valence-electron chi connectivity index (χ4n) is 1.72. The van der Waals surface area contributed by atoms with Gasteiger partial charge in [0.05, 0.1) is 6.54 Å². The molecule has 0 saturated heterocycles. The minimum absolute atomic E-state index is 0.0333. The Morgan fingerprint density at radius 3 is 2.64 bits per heavy atom. The van der Waals surface area contributed by atoms with Crippen molar-refractivity contribution in [1.82, 2.24) is 10.2 Å². The maximum Gasteiger partial charge on any atom is 0.243 e. The van der Waals surface area contributed by atoms with Crippen molar-refractivity contribution < 1.29 is 4.79 Å². The Morgan fingerprint density at radius 2 is 2.05 bits per heavy atom. The summed E-state index contributed by atoms with van der Waals surface area (Å²) in [4.78, 5) is 12.0. The molecule has 0 atom stereocenters. The predicted molar refractivity (Wildman–Crippen MR) is 94.6 cm³/mol. The minimum Gasteiger partial charge on any atom is -0.351 e. The summed E-state index contributed by atoms with van der Waals surface area (Å²) in [7, 11) is 0. The van der Waals surface area contributed by atoms with Gasteiger partial charge >= 0.3 is 0 Å². The van der Waals surface area contributed by atoms with Crippen LogP contribution in [0.25, 0.3) is 0 Å². The summed E-state index contributed by atoms with van der Waals surface area (Å²) in [6, 6.07) is 5.74. The summed E-state index contributed by atoms with van der Waals surface area (Å²) in [5.74, 6) is -0.113. The van der Waals surface area contributed by atoms with Gasteiger partial charge in [0.15, 0.2) is 0 Å². The first-order valence-corrected chi connectivity index (χ1v) is 8.50. The number of rotatable bonds is 4. The maximum absolute atomic E-state index is 12.0. The Hall–Kier alpha value is -1.47. The molecule has 0 spiro atoms. The average Bonchev–Trinajstić information content (AvgIpc) is 2.88. The van der Waals surface area contributed by atoms with Crippen LogP contribution >= 0.6 is 27.3 Å². The molecule has 7 heteroatoms. The van der Waals surface area contributed by atoms with Crippen molar-refractivity contribution in [3.63, 3.8) is 0 Å². The quantitative estimate of drug-likeness (QED) is 0.839. The van der Waals surface area contributed by atoms with Crippen LogP contribution < -0.4 is 10.6 Å². The van der Waals surface area contributed by atoms with Gasteiger partial charge in [-0.1, -0.05) is 48.0 Å². The molecule has 2 N–H and O–H groups in total. The smallest absolute Gasteiger partial charge is 0.243 e. The molecular weight excluding hydrogens is 364 g/mol. The van der Waals surface area contributed by atoms with E-state index in [-0.39, 0.29) is 17.9 Å². The van der Waals surface area contributed by atoms with Crippen molar-refractivity contribution in [1.29, 1.82) is 0 Å². The number of amides is 1. The van der Waals surface area contributed by atoms with Crippen molar-refractivity contribution in [3.05, 3.63) is 33.2 Å². The number of hydrogen-bond donors (Lipinski definition) is 2. The number of nitrogens with one attached hydrogen (secondary N) is 2. The number of halogens is 1. The minimum atomic E-state index is -0.113. The van der Waals surface area contributed by atoms with Gasteiger partial charge < -0.3 is 10.6 Å². The topological polar surface area (TPSA) is 66.9 Å². The molecule has 2 rings (SSSR count). The van der Waals surface area contributed by atoms with E-state index in [1.807, 2.05) is 25.1 Å². The Morgan fingerprint density at radius 1 is 1.32 bits per heavy atom. The zero-order valence-electron chi connectivity index (χ0n) is 13.0. The van der Waals surface area contributed by atoms with Gasteiger partial charge in [-0.15, -0.1) is 10.2 Å². The third-order valence-electron chi connectivity index (χ3n) is 2.93. The van der Waals surface area contributed by atoms with E-state index in [0.29, 0.717) is 5.13 Å². The molecule has 0 fully saturated rings. The third kappa shape index (κ3) is 4.51. The fourth-order valence-corrected chi connectivity index (χ4v) is 2.99. The second-order valence-corrected chi connectivity index (χ2v) is 7.92. The van der Waals surface area contributed by atoms with Gasteiger partial charge in [-0.3, -0.25) is 4.79 Å². The summed E-state index contributed by atoms with van der Waals surface area (Å²) < 4.78 is 0.990. The van der Waals surface area contributed by atoms with E-state index in [9.17, 15) is 4.79 Å². The van der Waals surface area contributed by atoms with E-state index in [1.165, 1.54) is 11.3 Å². The van der Waals surface area contributed by atoms with Gasteiger partial charge in [-0.05, 0) is 30.7 Å². The largest absolute Gasteiger partial charge is 0.351 e. The average molecular weight is 383 g/mol. The second-order valence-electron chi connectivity index (χ2n) is 6.02. The molecule has 0 aliphatic carbocycles. The molecule has 22 heavy (non-hydrogen) atoms. The number of carbonyl (C=O) groups excluding carboxylic acids is 1. The maximum atomic E-state index is 12.0. The second kappa shape index (κ2) is 6.75. The molecule has 0 aliphatic rings. The van der Waals surface area contributed by atoms with Crippen LogP contribution in [-0.4, -0.2) is 22.6 Å². The summed E-state index contributed by atoms with van der Waals surface area (Å²) in [5, 5.41) is 15.7. The Kier molecular flexibility index (Phi) is 5.18. The Balaban J connectivity index is 1.91. The van der Waals surface area contributed by atoms with E-state index in [1.54, 1.807) is 0 Å². The van der Waals surface area contributed by atoms with Crippen molar-refractivity contribution >= 4 is 44.0 Å². The molecule has 0 aliphatic heterocycles. The fraction of sp³-hybridized carbons (Fsp3) is 0.400. The van der Waals surface area contributed by atoms with Crippen LogP contribution in [0.4, 0.5) is 10.8 Å². The Bertz CT molecular complexity index is 678. The lowest BCUT2D eigenvalue weighted by Crippen LogP contribution is -2.22. The number of aromatic nitrogens is 2. The monoisotopic (exact) mass is 382 g/mol. The third-order valence-corrected chi connectivity index (χ3v) is 4.73. The lowest BCUT2D eigenvalue weighted by atomic mass is 9.98. The first kappa shape index (κ1) is 16.9. The zero-order chi connectivity index (χ0) is 16.3. The first-order valence-electron chi connectivity index (χ1n) is 6.89. The van der Waals surface area contributed by atoms with Crippen LogP contribution in [0.3, 0.4) is 0 Å². The van der Waals surface area contributed by atoms with Crippen molar-refractivity contribution in [2.24, 2.45) is 0 Å². The molecular formula is C15H19BrN4OS. The number of hydrogen-bond acceptors (Lipinski definition) is 5. The van der Waals surface area contributed by atoms with Crippen LogP contribution in [-0.2, 0) is 10.2 Å². The molecule has 0 saturated carbocycles. The first-order chi connectivity index (χ1) is 10.3. The molecule has 1 amide bonds. The van der Waals surface area contributed by atoms with E-state index in [0.717, 1.165) is 20.7 Å². The van der Waals surface area contributed by atoms with Gasteiger partial charge in [0, 0.05) is 15.6 Å². The van der Waals surface area contributed by atoms with E-state index < -0.39 is 0 Å². The predicted octanol–water partition coefficient (Wildman–Crippen LogP) is 3.96. The van der Waals surface area contributed by atoms with Crippen LogP contribution in [0.2, 0.25) is 0 Å². The number of anilines is 2. The van der Waals surface area contributed by atoms with E-state index in [2.05, 4.69) is 57.5 Å². The van der Waals surface area contributed by atoms with Gasteiger partial charge in [0.2, 0.25) is 11.0 Å². The number of carbonyl (C=O) groups is 1. The molecule has 0 radical (unpaired) electrons. The van der Waals surface area contributed by atoms with E-state index >= 15 is 0 Å².